The normalized spacial score (nSPS) is 11.6. The van der Waals surface area contributed by atoms with Crippen molar-refractivity contribution in [3.8, 4) is 22.4 Å². The number of aromatic nitrogens is 2. The smallest absolute Gasteiger partial charge is 0.405 e. The molecule has 2 heterocycles. The lowest BCUT2D eigenvalue weighted by Gasteiger charge is -2.09. The van der Waals surface area contributed by atoms with Crippen LogP contribution in [0.4, 0.5) is 9.93 Å². The average Bonchev–Trinajstić information content (AvgIpc) is 3.10. The van der Waals surface area contributed by atoms with Crippen molar-refractivity contribution < 1.29 is 14.3 Å². The number of hydrogen-bond acceptors (Lipinski definition) is 6. The molecule has 2 amide bonds. The Morgan fingerprint density at radius 1 is 1.15 bits per heavy atom. The van der Waals surface area contributed by atoms with Gasteiger partial charge in [-0.3, -0.25) is 15.1 Å². The van der Waals surface area contributed by atoms with E-state index in [1.54, 1.807) is 12.4 Å². The van der Waals surface area contributed by atoms with Gasteiger partial charge in [-0.25, -0.2) is 9.78 Å². The predicted octanol–water partition coefficient (Wildman–Crippen LogP) is 3.29. The Balaban J connectivity index is 1.76. The lowest BCUT2D eigenvalue weighted by molar-refractivity contribution is -0.123. The second kappa shape index (κ2) is 7.75. The van der Waals surface area contributed by atoms with Gasteiger partial charge in [0.25, 0.3) is 5.91 Å². The van der Waals surface area contributed by atoms with Crippen LogP contribution in [0.1, 0.15) is 6.92 Å². The van der Waals surface area contributed by atoms with E-state index in [1.807, 2.05) is 41.8 Å². The Morgan fingerprint density at radius 2 is 1.88 bits per heavy atom. The van der Waals surface area contributed by atoms with Crippen LogP contribution in [0.15, 0.2) is 54.2 Å². The number of nitrogens with zero attached hydrogens (tertiary/aromatic N) is 2. The number of carbonyl (C=O) groups is 2. The number of thiazole rings is 1. The number of rotatable bonds is 5. The van der Waals surface area contributed by atoms with Crippen molar-refractivity contribution in [3.63, 3.8) is 0 Å². The lowest BCUT2D eigenvalue weighted by Crippen LogP contribution is -2.31. The molecular weight excluding hydrogens is 352 g/mol. The van der Waals surface area contributed by atoms with Crippen LogP contribution < -0.4 is 11.1 Å². The van der Waals surface area contributed by atoms with Crippen molar-refractivity contribution in [3.05, 3.63) is 54.2 Å². The molecule has 0 radical (unpaired) electrons. The van der Waals surface area contributed by atoms with Crippen molar-refractivity contribution in [2.45, 2.75) is 13.0 Å². The topological polar surface area (TPSA) is 107 Å². The third kappa shape index (κ3) is 4.22. The highest BCUT2D eigenvalue weighted by Gasteiger charge is 2.18. The number of benzene rings is 1. The Bertz CT molecular complexity index is 927. The minimum atomic E-state index is -1.000. The van der Waals surface area contributed by atoms with Gasteiger partial charge in [-0.15, -0.1) is 11.3 Å². The van der Waals surface area contributed by atoms with Crippen LogP contribution in [0.2, 0.25) is 0 Å². The molecule has 0 saturated carbocycles. The van der Waals surface area contributed by atoms with E-state index in [1.165, 1.54) is 18.3 Å². The molecule has 0 saturated heterocycles. The van der Waals surface area contributed by atoms with Crippen LogP contribution in [-0.4, -0.2) is 28.1 Å². The SMILES string of the molecule is C[C@H](OC(N)=O)C(=O)Nc1nc(-c2cccc(-c3ccncc3)c2)cs1. The molecule has 7 nitrogen and oxygen atoms in total. The first kappa shape index (κ1) is 17.6. The first-order valence-corrected chi connectivity index (χ1v) is 8.64. The number of nitrogens with two attached hydrogens (primary N) is 1. The molecule has 0 fully saturated rings. The molecule has 3 aromatic rings. The molecule has 132 valence electrons. The van der Waals surface area contributed by atoms with Crippen molar-refractivity contribution in [2.75, 3.05) is 5.32 Å². The zero-order chi connectivity index (χ0) is 18.5. The third-order valence-electron chi connectivity index (χ3n) is 3.57. The second-order valence-corrected chi connectivity index (χ2v) is 6.28. The van der Waals surface area contributed by atoms with Gasteiger partial charge in [0.1, 0.15) is 0 Å². The van der Waals surface area contributed by atoms with Gasteiger partial charge in [0.2, 0.25) is 0 Å². The van der Waals surface area contributed by atoms with Crippen molar-refractivity contribution in [1.82, 2.24) is 9.97 Å². The number of ether oxygens (including phenoxy) is 1. The molecule has 0 aliphatic carbocycles. The van der Waals surface area contributed by atoms with Gasteiger partial charge in [-0.2, -0.15) is 0 Å². The summed E-state index contributed by atoms with van der Waals surface area (Å²) in [5, 5.41) is 4.87. The van der Waals surface area contributed by atoms with Gasteiger partial charge >= 0.3 is 6.09 Å². The molecule has 26 heavy (non-hydrogen) atoms. The molecule has 3 N–H and O–H groups in total. The van der Waals surface area contributed by atoms with Crippen LogP contribution in [0.3, 0.4) is 0 Å². The van der Waals surface area contributed by atoms with E-state index in [2.05, 4.69) is 20.0 Å². The molecule has 1 atom stereocenters. The van der Waals surface area contributed by atoms with Gasteiger partial charge in [-0.1, -0.05) is 18.2 Å². The van der Waals surface area contributed by atoms with Crippen LogP contribution in [0.25, 0.3) is 22.4 Å². The van der Waals surface area contributed by atoms with Crippen LogP contribution in [-0.2, 0) is 9.53 Å². The maximum absolute atomic E-state index is 11.9. The van der Waals surface area contributed by atoms with E-state index >= 15 is 0 Å². The summed E-state index contributed by atoms with van der Waals surface area (Å²) in [5.74, 6) is -0.491. The Hall–Kier alpha value is -3.26. The van der Waals surface area contributed by atoms with Gasteiger partial charge in [0.05, 0.1) is 5.69 Å². The Labute approximate surface area is 153 Å². The third-order valence-corrected chi connectivity index (χ3v) is 4.33. The fourth-order valence-electron chi connectivity index (χ4n) is 2.30. The van der Waals surface area contributed by atoms with Gasteiger partial charge in [0.15, 0.2) is 11.2 Å². The van der Waals surface area contributed by atoms with E-state index in [-0.39, 0.29) is 0 Å². The molecule has 8 heteroatoms. The quantitative estimate of drug-likeness (QED) is 0.718. The zero-order valence-corrected chi connectivity index (χ0v) is 14.7. The molecule has 0 spiro atoms. The summed E-state index contributed by atoms with van der Waals surface area (Å²) in [7, 11) is 0. The maximum Gasteiger partial charge on any atom is 0.405 e. The fraction of sp³-hybridized carbons (Fsp3) is 0.111. The number of hydrogen-bond donors (Lipinski definition) is 2. The summed E-state index contributed by atoms with van der Waals surface area (Å²) in [6.07, 6.45) is 1.50. The molecule has 2 aromatic heterocycles. The minimum Gasteiger partial charge on any atom is -0.437 e. The van der Waals surface area contributed by atoms with Crippen molar-refractivity contribution in [2.24, 2.45) is 5.73 Å². The molecule has 0 aliphatic rings. The van der Waals surface area contributed by atoms with Gasteiger partial charge in [-0.05, 0) is 36.2 Å². The molecule has 1 aromatic carbocycles. The monoisotopic (exact) mass is 368 g/mol. The number of carbonyl (C=O) groups excluding carboxylic acids is 2. The number of anilines is 1. The summed E-state index contributed by atoms with van der Waals surface area (Å²) in [5.41, 5.74) is 8.68. The largest absolute Gasteiger partial charge is 0.437 e. The van der Waals surface area contributed by atoms with E-state index < -0.39 is 18.1 Å². The summed E-state index contributed by atoms with van der Waals surface area (Å²) in [6, 6.07) is 11.8. The minimum absolute atomic E-state index is 0.416. The average molecular weight is 368 g/mol. The summed E-state index contributed by atoms with van der Waals surface area (Å²) >= 11 is 1.29. The summed E-state index contributed by atoms with van der Waals surface area (Å²) < 4.78 is 4.64. The highest BCUT2D eigenvalue weighted by atomic mass is 32.1. The highest BCUT2D eigenvalue weighted by molar-refractivity contribution is 7.14. The lowest BCUT2D eigenvalue weighted by atomic mass is 10.0. The van der Waals surface area contributed by atoms with Gasteiger partial charge in [0, 0.05) is 23.3 Å². The van der Waals surface area contributed by atoms with Crippen LogP contribution in [0, 0.1) is 0 Å². The fourth-order valence-corrected chi connectivity index (χ4v) is 3.02. The van der Waals surface area contributed by atoms with Crippen molar-refractivity contribution >= 4 is 28.5 Å². The molecule has 3 rings (SSSR count). The van der Waals surface area contributed by atoms with E-state index in [9.17, 15) is 9.59 Å². The molecule has 0 bridgehead atoms. The van der Waals surface area contributed by atoms with Crippen molar-refractivity contribution in [1.29, 1.82) is 0 Å². The summed E-state index contributed by atoms with van der Waals surface area (Å²) in [4.78, 5) is 31.1. The Kier molecular flexibility index (Phi) is 5.23. The van der Waals surface area contributed by atoms with E-state index in [0.717, 1.165) is 22.4 Å². The number of amides is 2. The van der Waals surface area contributed by atoms with E-state index in [4.69, 9.17) is 5.73 Å². The summed E-state index contributed by atoms with van der Waals surface area (Å²) in [6.45, 7) is 1.44. The first-order valence-electron chi connectivity index (χ1n) is 7.76. The second-order valence-electron chi connectivity index (χ2n) is 5.42. The molecular formula is C18H16N4O3S. The van der Waals surface area contributed by atoms with Crippen LogP contribution >= 0.6 is 11.3 Å². The van der Waals surface area contributed by atoms with E-state index in [0.29, 0.717) is 5.13 Å². The molecule has 0 aliphatic heterocycles. The Morgan fingerprint density at radius 3 is 2.62 bits per heavy atom. The zero-order valence-electron chi connectivity index (χ0n) is 13.9. The molecule has 0 unspecified atom stereocenters. The predicted molar refractivity (Wildman–Crippen MR) is 99.5 cm³/mol. The highest BCUT2D eigenvalue weighted by Crippen LogP contribution is 2.28. The standard InChI is InChI=1S/C18H16N4O3S/c1-11(25-17(19)24)16(23)22-18-21-15(10-26-18)14-4-2-3-13(9-14)12-5-7-20-8-6-12/h2-11H,1H3,(H2,19,24)(H,21,22,23)/t11-/m0/s1. The van der Waals surface area contributed by atoms with Gasteiger partial charge < -0.3 is 10.5 Å². The number of pyridine rings is 1. The van der Waals surface area contributed by atoms with Crippen LogP contribution in [0.5, 0.6) is 0 Å². The first-order chi connectivity index (χ1) is 12.5. The number of primary amides is 1. The number of nitrogens with one attached hydrogen (secondary N) is 1. The maximum atomic E-state index is 11.9.